The summed E-state index contributed by atoms with van der Waals surface area (Å²) in [6.07, 6.45) is 48.8. The zero-order valence-corrected chi connectivity index (χ0v) is 63.4. The molecule has 558 valence electrons. The van der Waals surface area contributed by atoms with Crippen LogP contribution in [-0.2, 0) is 65.4 Å². The first-order valence-electron chi connectivity index (χ1n) is 38.7. The minimum atomic E-state index is -4.96. The molecule has 3 unspecified atom stereocenters. The van der Waals surface area contributed by atoms with Gasteiger partial charge in [-0.1, -0.05) is 325 Å². The van der Waals surface area contributed by atoms with Gasteiger partial charge in [-0.3, -0.25) is 37.3 Å². The highest BCUT2D eigenvalue weighted by Gasteiger charge is 2.30. The van der Waals surface area contributed by atoms with Crippen LogP contribution >= 0.6 is 15.6 Å². The number of phosphoric acid groups is 2. The predicted octanol–water partition coefficient (Wildman–Crippen LogP) is 21.7. The van der Waals surface area contributed by atoms with Gasteiger partial charge in [0, 0.05) is 25.7 Å². The van der Waals surface area contributed by atoms with Crippen molar-refractivity contribution in [1.82, 2.24) is 0 Å². The Morgan fingerprint density at radius 1 is 0.266 bits per heavy atom. The monoisotopic (exact) mass is 1380 g/mol. The highest BCUT2D eigenvalue weighted by molar-refractivity contribution is 7.47. The van der Waals surface area contributed by atoms with Crippen molar-refractivity contribution >= 4 is 39.5 Å². The van der Waals surface area contributed by atoms with E-state index in [1.807, 2.05) is 0 Å². The maximum absolute atomic E-state index is 13.0. The van der Waals surface area contributed by atoms with E-state index in [-0.39, 0.29) is 25.7 Å². The van der Waals surface area contributed by atoms with E-state index in [2.05, 4.69) is 55.4 Å². The van der Waals surface area contributed by atoms with E-state index < -0.39 is 97.5 Å². The molecule has 0 aromatic rings. The lowest BCUT2D eigenvalue weighted by Gasteiger charge is -2.21. The molecule has 0 aromatic heterocycles. The van der Waals surface area contributed by atoms with Gasteiger partial charge in [0.2, 0.25) is 0 Å². The molecule has 0 aromatic carbocycles. The summed E-state index contributed by atoms with van der Waals surface area (Å²) in [6.45, 7) is 14.1. The van der Waals surface area contributed by atoms with Crippen LogP contribution < -0.4 is 0 Å². The van der Waals surface area contributed by atoms with Crippen molar-refractivity contribution in [2.75, 3.05) is 39.6 Å². The Morgan fingerprint density at radius 2 is 0.447 bits per heavy atom. The molecule has 0 amide bonds. The summed E-state index contributed by atoms with van der Waals surface area (Å²) in [5.74, 6) is 0.873. The smallest absolute Gasteiger partial charge is 0.462 e. The Balaban J connectivity index is 5.21. The summed E-state index contributed by atoms with van der Waals surface area (Å²) < 4.78 is 68.4. The zero-order valence-electron chi connectivity index (χ0n) is 61.6. The quantitative estimate of drug-likeness (QED) is 0.0222. The number of carbonyl (C=O) groups is 4. The molecule has 0 saturated carbocycles. The average molecular weight is 1380 g/mol. The van der Waals surface area contributed by atoms with Gasteiger partial charge < -0.3 is 33.8 Å². The van der Waals surface area contributed by atoms with Crippen molar-refractivity contribution in [2.24, 2.45) is 23.7 Å². The average Bonchev–Trinajstić information content (AvgIpc) is 1.35. The first-order valence-corrected chi connectivity index (χ1v) is 41.7. The first-order chi connectivity index (χ1) is 45.1. The number of ether oxygens (including phenoxy) is 4. The minimum Gasteiger partial charge on any atom is -0.462 e. The van der Waals surface area contributed by atoms with Crippen molar-refractivity contribution < 1.29 is 80.2 Å². The maximum Gasteiger partial charge on any atom is 0.472 e. The van der Waals surface area contributed by atoms with Crippen LogP contribution in [0.15, 0.2) is 0 Å². The highest BCUT2D eigenvalue weighted by Crippen LogP contribution is 2.45. The lowest BCUT2D eigenvalue weighted by atomic mass is 10.0. The van der Waals surface area contributed by atoms with Crippen LogP contribution in [0.3, 0.4) is 0 Å². The van der Waals surface area contributed by atoms with Crippen LogP contribution in [0.5, 0.6) is 0 Å². The Bertz CT molecular complexity index is 1850. The molecule has 0 aliphatic rings. The zero-order chi connectivity index (χ0) is 69.6. The second-order valence-corrected chi connectivity index (χ2v) is 31.9. The van der Waals surface area contributed by atoms with E-state index >= 15 is 0 Å². The molecule has 3 N–H and O–H groups in total. The summed E-state index contributed by atoms with van der Waals surface area (Å²) >= 11 is 0. The third kappa shape index (κ3) is 68.6. The largest absolute Gasteiger partial charge is 0.472 e. The second-order valence-electron chi connectivity index (χ2n) is 28.9. The lowest BCUT2D eigenvalue weighted by molar-refractivity contribution is -0.161. The summed E-state index contributed by atoms with van der Waals surface area (Å²) in [5, 5.41) is 10.6. The number of phosphoric ester groups is 2. The Hall–Kier alpha value is -1.94. The first kappa shape index (κ1) is 92.1. The van der Waals surface area contributed by atoms with E-state index in [1.165, 1.54) is 173 Å². The SMILES string of the molecule is CC(C)CCCCCCCCCCCCCCCCCCC(=O)O[C@H](COC(=O)CCCCCCCCC(C)C)COP(=O)(O)OCC(O)COP(=O)(O)OC[C@@H](COC(=O)CCCCCCCCCCCC(C)C)OC(=O)CCCCCCCCCCCCCC(C)C. The summed E-state index contributed by atoms with van der Waals surface area (Å²) in [7, 11) is -9.91. The van der Waals surface area contributed by atoms with E-state index in [0.717, 1.165) is 114 Å². The predicted molar refractivity (Wildman–Crippen MR) is 381 cm³/mol. The molecule has 0 fully saturated rings. The number of hydrogen-bond acceptors (Lipinski definition) is 15. The number of esters is 4. The van der Waals surface area contributed by atoms with Crippen molar-refractivity contribution in [3.05, 3.63) is 0 Å². The number of aliphatic hydroxyl groups excluding tert-OH is 1. The fraction of sp³-hybridized carbons (Fsp3) is 0.947. The summed E-state index contributed by atoms with van der Waals surface area (Å²) in [6, 6.07) is 0. The molecule has 0 aliphatic carbocycles. The van der Waals surface area contributed by atoms with Crippen LogP contribution in [0.4, 0.5) is 0 Å². The molecule has 0 aliphatic heterocycles. The Kier molecular flexibility index (Phi) is 63.1. The van der Waals surface area contributed by atoms with Crippen molar-refractivity contribution in [2.45, 2.75) is 395 Å². The van der Waals surface area contributed by atoms with Crippen molar-refractivity contribution in [1.29, 1.82) is 0 Å². The number of rotatable bonds is 72. The summed E-state index contributed by atoms with van der Waals surface area (Å²) in [4.78, 5) is 72.7. The fourth-order valence-electron chi connectivity index (χ4n) is 11.4. The standard InChI is InChI=1S/C75H146O17P2/c1-65(2)51-43-35-27-21-16-13-11-9-10-12-14-18-24-31-41-49-57-74(79)92-71(62-86-73(78)56-48-40-34-33-38-46-54-68(7)8)64-90-94(83,84)88-60-69(76)59-87-93(81,82)89-63-70(61-85-72(77)55-47-39-30-26-20-23-29-37-45-53-67(5)6)91-75(80)58-50-42-32-25-19-15-17-22-28-36-44-52-66(3)4/h65-71,76H,9-64H2,1-8H3,(H,81,82)(H,83,84)/t69?,70-,71-/m1/s1. The van der Waals surface area contributed by atoms with Crippen LogP contribution in [-0.4, -0.2) is 96.7 Å². The van der Waals surface area contributed by atoms with Gasteiger partial charge in [0.05, 0.1) is 26.4 Å². The van der Waals surface area contributed by atoms with E-state index in [4.69, 9.17) is 37.0 Å². The molecular weight excluding hydrogens is 1230 g/mol. The van der Waals surface area contributed by atoms with Gasteiger partial charge in [0.25, 0.3) is 0 Å². The van der Waals surface area contributed by atoms with E-state index in [0.29, 0.717) is 31.6 Å². The topological polar surface area (TPSA) is 237 Å². The molecule has 0 saturated heterocycles. The number of unbranched alkanes of at least 4 members (excludes halogenated alkanes) is 38. The van der Waals surface area contributed by atoms with Crippen LogP contribution in [0.2, 0.25) is 0 Å². The molecule has 17 nitrogen and oxygen atoms in total. The van der Waals surface area contributed by atoms with Crippen LogP contribution in [0, 0.1) is 23.7 Å². The highest BCUT2D eigenvalue weighted by atomic mass is 31.2. The number of aliphatic hydroxyl groups is 1. The minimum absolute atomic E-state index is 0.106. The van der Waals surface area contributed by atoms with Gasteiger partial charge in [0.15, 0.2) is 12.2 Å². The normalized spacial score (nSPS) is 14.2. The van der Waals surface area contributed by atoms with E-state index in [1.54, 1.807) is 0 Å². The second kappa shape index (κ2) is 64.4. The van der Waals surface area contributed by atoms with Crippen LogP contribution in [0.1, 0.15) is 376 Å². The maximum atomic E-state index is 13.0. The lowest BCUT2D eigenvalue weighted by Crippen LogP contribution is -2.30. The third-order valence-electron chi connectivity index (χ3n) is 17.3. The van der Waals surface area contributed by atoms with Crippen molar-refractivity contribution in [3.63, 3.8) is 0 Å². The third-order valence-corrected chi connectivity index (χ3v) is 19.2. The molecule has 0 heterocycles. The summed E-state index contributed by atoms with van der Waals surface area (Å²) in [5.41, 5.74) is 0. The van der Waals surface area contributed by atoms with Gasteiger partial charge in [-0.15, -0.1) is 0 Å². The van der Waals surface area contributed by atoms with Crippen molar-refractivity contribution in [3.8, 4) is 0 Å². The number of carbonyl (C=O) groups excluding carboxylic acids is 4. The van der Waals surface area contributed by atoms with E-state index in [9.17, 15) is 43.2 Å². The van der Waals surface area contributed by atoms with Gasteiger partial charge in [0.1, 0.15) is 19.3 Å². The van der Waals surface area contributed by atoms with Gasteiger partial charge in [-0.25, -0.2) is 9.13 Å². The molecular formula is C75H146O17P2. The molecule has 0 bridgehead atoms. The molecule has 0 spiro atoms. The fourth-order valence-corrected chi connectivity index (χ4v) is 13.0. The molecule has 0 rings (SSSR count). The van der Waals surface area contributed by atoms with Crippen LogP contribution in [0.25, 0.3) is 0 Å². The molecule has 94 heavy (non-hydrogen) atoms. The Morgan fingerprint density at radius 3 is 0.660 bits per heavy atom. The van der Waals surface area contributed by atoms with Gasteiger partial charge in [-0.2, -0.15) is 0 Å². The number of hydrogen-bond donors (Lipinski definition) is 3. The molecule has 19 heteroatoms. The van der Waals surface area contributed by atoms with Gasteiger partial charge in [-0.05, 0) is 49.4 Å². The molecule has 0 radical (unpaired) electrons. The molecule has 5 atom stereocenters. The Labute approximate surface area is 575 Å². The van der Waals surface area contributed by atoms with Gasteiger partial charge >= 0.3 is 39.5 Å².